The van der Waals surface area contributed by atoms with E-state index in [4.69, 9.17) is 0 Å². The minimum atomic E-state index is 0.602. The van der Waals surface area contributed by atoms with Gasteiger partial charge < -0.3 is 5.32 Å². The highest BCUT2D eigenvalue weighted by atomic mass is 15.2. The van der Waals surface area contributed by atoms with Crippen LogP contribution in [-0.2, 0) is 0 Å². The smallest absolute Gasteiger partial charge is 0.0345 e. The molecule has 2 nitrogen and oxygen atoms in total. The lowest BCUT2D eigenvalue weighted by atomic mass is 10.0. The van der Waals surface area contributed by atoms with Crippen LogP contribution in [0.1, 0.15) is 45.2 Å². The third-order valence-electron chi connectivity index (χ3n) is 4.14. The Kier molecular flexibility index (Phi) is 5.41. The van der Waals surface area contributed by atoms with Gasteiger partial charge in [0.2, 0.25) is 0 Å². The lowest BCUT2D eigenvalue weighted by Crippen LogP contribution is -2.31. The largest absolute Gasteiger partial charge is 0.314 e. The Morgan fingerprint density at radius 1 is 1.26 bits per heavy atom. The molecule has 0 amide bonds. The van der Waals surface area contributed by atoms with E-state index in [0.29, 0.717) is 12.1 Å². The molecule has 0 spiro atoms. The second kappa shape index (κ2) is 7.06. The summed E-state index contributed by atoms with van der Waals surface area (Å²) in [6.07, 6.45) is 2.54. The van der Waals surface area contributed by atoms with Crippen molar-refractivity contribution < 1.29 is 0 Å². The highest BCUT2D eigenvalue weighted by molar-refractivity contribution is 5.19. The lowest BCUT2D eigenvalue weighted by Gasteiger charge is -2.27. The molecule has 1 aromatic carbocycles. The normalized spacial score (nSPS) is 22.0. The zero-order chi connectivity index (χ0) is 13.7. The van der Waals surface area contributed by atoms with E-state index in [-0.39, 0.29) is 0 Å². The molecule has 2 heteroatoms. The van der Waals surface area contributed by atoms with Crippen LogP contribution >= 0.6 is 0 Å². The maximum Gasteiger partial charge on any atom is 0.0345 e. The molecule has 0 bridgehead atoms. The molecule has 19 heavy (non-hydrogen) atoms. The predicted octanol–water partition coefficient (Wildman–Crippen LogP) is 3.46. The molecule has 1 saturated heterocycles. The predicted molar refractivity (Wildman–Crippen MR) is 82.3 cm³/mol. The number of hydrogen-bond acceptors (Lipinski definition) is 2. The van der Waals surface area contributed by atoms with Crippen molar-refractivity contribution in [1.82, 2.24) is 10.2 Å². The van der Waals surface area contributed by atoms with Gasteiger partial charge >= 0.3 is 0 Å². The minimum Gasteiger partial charge on any atom is -0.314 e. The van der Waals surface area contributed by atoms with Crippen LogP contribution in [0.5, 0.6) is 0 Å². The molecular weight excluding hydrogens is 232 g/mol. The lowest BCUT2D eigenvalue weighted by molar-refractivity contribution is 0.229. The van der Waals surface area contributed by atoms with Gasteiger partial charge in [0, 0.05) is 18.6 Å². The highest BCUT2D eigenvalue weighted by Crippen LogP contribution is 2.29. The molecule has 1 heterocycles. The average molecular weight is 260 g/mol. The summed E-state index contributed by atoms with van der Waals surface area (Å²) in [7, 11) is 0. The van der Waals surface area contributed by atoms with Crippen molar-refractivity contribution in [3.63, 3.8) is 0 Å². The maximum atomic E-state index is 3.58. The van der Waals surface area contributed by atoms with Crippen molar-refractivity contribution in [2.24, 2.45) is 5.92 Å². The van der Waals surface area contributed by atoms with Gasteiger partial charge in [0.1, 0.15) is 0 Å². The second-order valence-corrected chi connectivity index (χ2v) is 6.05. The molecule has 1 aliphatic rings. The van der Waals surface area contributed by atoms with E-state index in [0.717, 1.165) is 5.92 Å². The van der Waals surface area contributed by atoms with Crippen molar-refractivity contribution >= 4 is 0 Å². The van der Waals surface area contributed by atoms with Crippen LogP contribution in [0, 0.1) is 5.92 Å². The van der Waals surface area contributed by atoms with Gasteiger partial charge in [-0.25, -0.2) is 0 Å². The SMILES string of the molecule is CCC(c1ccccc1)N1CCC(CNC(C)C)C1. The average Bonchev–Trinajstić information content (AvgIpc) is 2.87. The van der Waals surface area contributed by atoms with Crippen LogP contribution in [0.15, 0.2) is 30.3 Å². The molecule has 1 aromatic rings. The third kappa shape index (κ3) is 4.05. The summed E-state index contributed by atoms with van der Waals surface area (Å²) >= 11 is 0. The summed E-state index contributed by atoms with van der Waals surface area (Å²) in [6, 6.07) is 12.2. The Hall–Kier alpha value is -0.860. The molecule has 0 radical (unpaired) electrons. The molecule has 1 fully saturated rings. The maximum absolute atomic E-state index is 3.58. The highest BCUT2D eigenvalue weighted by Gasteiger charge is 2.27. The Morgan fingerprint density at radius 3 is 2.63 bits per heavy atom. The molecular formula is C17H28N2. The van der Waals surface area contributed by atoms with Gasteiger partial charge in [0.05, 0.1) is 0 Å². The first-order chi connectivity index (χ1) is 9.20. The summed E-state index contributed by atoms with van der Waals surface area (Å²) in [4.78, 5) is 2.67. The van der Waals surface area contributed by atoms with Crippen LogP contribution in [0.4, 0.5) is 0 Å². The van der Waals surface area contributed by atoms with Crippen molar-refractivity contribution in [3.05, 3.63) is 35.9 Å². The van der Waals surface area contributed by atoms with E-state index in [1.807, 2.05) is 0 Å². The van der Waals surface area contributed by atoms with Gasteiger partial charge in [-0.05, 0) is 37.4 Å². The van der Waals surface area contributed by atoms with E-state index >= 15 is 0 Å². The standard InChI is InChI=1S/C17H28N2/c1-4-17(16-8-6-5-7-9-16)19-11-10-15(13-19)12-18-14(2)3/h5-9,14-15,17-18H,4,10-13H2,1-3H3. The number of nitrogens with one attached hydrogen (secondary N) is 1. The fourth-order valence-electron chi connectivity index (χ4n) is 3.09. The van der Waals surface area contributed by atoms with Crippen LogP contribution in [0.25, 0.3) is 0 Å². The van der Waals surface area contributed by atoms with Gasteiger partial charge in [-0.2, -0.15) is 0 Å². The zero-order valence-electron chi connectivity index (χ0n) is 12.6. The summed E-state index contributed by atoms with van der Waals surface area (Å²) in [5, 5.41) is 3.58. The summed E-state index contributed by atoms with van der Waals surface area (Å²) < 4.78 is 0. The zero-order valence-corrected chi connectivity index (χ0v) is 12.6. The molecule has 1 aliphatic heterocycles. The molecule has 0 aliphatic carbocycles. The minimum absolute atomic E-state index is 0.602. The molecule has 0 saturated carbocycles. The molecule has 2 atom stereocenters. The van der Waals surface area contributed by atoms with Gasteiger partial charge in [-0.15, -0.1) is 0 Å². The van der Waals surface area contributed by atoms with E-state index in [2.05, 4.69) is 61.3 Å². The number of nitrogens with zero attached hydrogens (tertiary/aromatic N) is 1. The summed E-state index contributed by atoms with van der Waals surface area (Å²) in [5.74, 6) is 0.820. The first-order valence-electron chi connectivity index (χ1n) is 7.73. The van der Waals surface area contributed by atoms with E-state index in [1.54, 1.807) is 0 Å². The van der Waals surface area contributed by atoms with Gasteiger partial charge in [0.25, 0.3) is 0 Å². The Bertz CT molecular complexity index is 361. The molecule has 1 N–H and O–H groups in total. The fourth-order valence-corrected chi connectivity index (χ4v) is 3.09. The van der Waals surface area contributed by atoms with Crippen LogP contribution in [0.2, 0.25) is 0 Å². The number of rotatable bonds is 6. The molecule has 2 unspecified atom stereocenters. The van der Waals surface area contributed by atoms with Crippen molar-refractivity contribution in [1.29, 1.82) is 0 Å². The van der Waals surface area contributed by atoms with E-state index in [1.165, 1.54) is 38.0 Å². The van der Waals surface area contributed by atoms with Crippen LogP contribution in [-0.4, -0.2) is 30.6 Å². The van der Waals surface area contributed by atoms with Crippen LogP contribution < -0.4 is 5.32 Å². The van der Waals surface area contributed by atoms with Gasteiger partial charge in [0.15, 0.2) is 0 Å². The number of likely N-dealkylation sites (tertiary alicyclic amines) is 1. The van der Waals surface area contributed by atoms with Crippen molar-refractivity contribution in [2.45, 2.75) is 45.7 Å². The Balaban J connectivity index is 1.91. The Morgan fingerprint density at radius 2 is 2.00 bits per heavy atom. The van der Waals surface area contributed by atoms with E-state index in [9.17, 15) is 0 Å². The molecule has 106 valence electrons. The number of benzene rings is 1. The monoisotopic (exact) mass is 260 g/mol. The first-order valence-corrected chi connectivity index (χ1v) is 7.73. The van der Waals surface area contributed by atoms with E-state index < -0.39 is 0 Å². The third-order valence-corrected chi connectivity index (χ3v) is 4.14. The van der Waals surface area contributed by atoms with Gasteiger partial charge in [-0.1, -0.05) is 51.1 Å². The summed E-state index contributed by atoms with van der Waals surface area (Å²) in [5.41, 5.74) is 1.47. The second-order valence-electron chi connectivity index (χ2n) is 6.05. The molecule has 2 rings (SSSR count). The van der Waals surface area contributed by atoms with Crippen molar-refractivity contribution in [2.75, 3.05) is 19.6 Å². The summed E-state index contributed by atoms with van der Waals surface area (Å²) in [6.45, 7) is 10.4. The first kappa shape index (κ1) is 14.5. The number of hydrogen-bond donors (Lipinski definition) is 1. The Labute approximate surface area is 118 Å². The topological polar surface area (TPSA) is 15.3 Å². The quantitative estimate of drug-likeness (QED) is 0.842. The van der Waals surface area contributed by atoms with Crippen LogP contribution in [0.3, 0.4) is 0 Å². The molecule has 0 aromatic heterocycles. The van der Waals surface area contributed by atoms with Crippen molar-refractivity contribution in [3.8, 4) is 0 Å². The van der Waals surface area contributed by atoms with Gasteiger partial charge in [-0.3, -0.25) is 4.90 Å². The fraction of sp³-hybridized carbons (Fsp3) is 0.647.